The highest BCUT2D eigenvalue weighted by Crippen LogP contribution is 2.24. The highest BCUT2D eigenvalue weighted by molar-refractivity contribution is 5.99. The minimum Gasteiger partial charge on any atom is -0.337 e. The summed E-state index contributed by atoms with van der Waals surface area (Å²) in [6.45, 7) is 10.2. The van der Waals surface area contributed by atoms with E-state index in [1.165, 1.54) is 0 Å². The van der Waals surface area contributed by atoms with Crippen LogP contribution in [0.5, 0.6) is 0 Å². The molecule has 0 unspecified atom stereocenters. The Morgan fingerprint density at radius 1 is 1.13 bits per heavy atom. The molecule has 4 aromatic rings. The highest BCUT2D eigenvalue weighted by Gasteiger charge is 2.21. The van der Waals surface area contributed by atoms with Crippen LogP contribution in [0, 0.1) is 13.8 Å². The average Bonchev–Trinajstić information content (AvgIpc) is 3.44. The van der Waals surface area contributed by atoms with Crippen molar-refractivity contribution in [2.45, 2.75) is 47.3 Å². The third-order valence-electron chi connectivity index (χ3n) is 5.44. The molecule has 0 aliphatic heterocycles. The van der Waals surface area contributed by atoms with Crippen LogP contribution in [0.3, 0.4) is 0 Å². The van der Waals surface area contributed by atoms with E-state index in [-0.39, 0.29) is 5.91 Å². The van der Waals surface area contributed by atoms with Crippen LogP contribution in [0.1, 0.15) is 41.2 Å². The number of hydrogen-bond acceptors (Lipinski definition) is 5. The highest BCUT2D eigenvalue weighted by atomic mass is 16.2. The molecule has 4 heterocycles. The van der Waals surface area contributed by atoms with E-state index < -0.39 is 0 Å². The third kappa shape index (κ3) is 3.26. The molecule has 4 aromatic heterocycles. The van der Waals surface area contributed by atoms with Gasteiger partial charge in [-0.3, -0.25) is 14.2 Å². The van der Waals surface area contributed by atoms with Crippen molar-refractivity contribution in [1.29, 1.82) is 0 Å². The van der Waals surface area contributed by atoms with Gasteiger partial charge in [0.2, 0.25) is 0 Å². The van der Waals surface area contributed by atoms with Crippen molar-refractivity contribution in [3.05, 3.63) is 53.4 Å². The maximum atomic E-state index is 13.2. The molecule has 0 fully saturated rings. The fourth-order valence-electron chi connectivity index (χ4n) is 3.67. The van der Waals surface area contributed by atoms with Crippen molar-refractivity contribution in [3.63, 3.8) is 0 Å². The summed E-state index contributed by atoms with van der Waals surface area (Å²) in [4.78, 5) is 19.3. The van der Waals surface area contributed by atoms with E-state index in [1.807, 2.05) is 55.5 Å². The van der Waals surface area contributed by atoms with Gasteiger partial charge in [-0.25, -0.2) is 9.50 Å². The molecule has 156 valence electrons. The normalized spacial score (nSPS) is 11.4. The van der Waals surface area contributed by atoms with Crippen molar-refractivity contribution in [3.8, 4) is 11.3 Å². The van der Waals surface area contributed by atoms with Crippen molar-refractivity contribution < 1.29 is 4.79 Å². The molecular weight excluding hydrogens is 380 g/mol. The number of fused-ring (bicyclic) bond motifs is 1. The quantitative estimate of drug-likeness (QED) is 0.491. The Kier molecular flexibility index (Phi) is 5.11. The van der Waals surface area contributed by atoms with Gasteiger partial charge in [0.25, 0.3) is 5.91 Å². The van der Waals surface area contributed by atoms with E-state index >= 15 is 0 Å². The smallest absolute Gasteiger partial charge is 0.259 e. The summed E-state index contributed by atoms with van der Waals surface area (Å²) in [5.41, 5.74) is 5.85. The molecule has 9 heteroatoms. The molecule has 0 saturated carbocycles. The van der Waals surface area contributed by atoms with Gasteiger partial charge in [0, 0.05) is 55.9 Å². The van der Waals surface area contributed by atoms with Crippen LogP contribution in [-0.2, 0) is 19.6 Å². The Balaban J connectivity index is 1.67. The second kappa shape index (κ2) is 7.74. The molecule has 0 aliphatic carbocycles. The van der Waals surface area contributed by atoms with Gasteiger partial charge >= 0.3 is 0 Å². The lowest BCUT2D eigenvalue weighted by Crippen LogP contribution is -2.26. The summed E-state index contributed by atoms with van der Waals surface area (Å²) in [7, 11) is 1.79. The third-order valence-corrected chi connectivity index (χ3v) is 5.44. The Morgan fingerprint density at radius 3 is 2.60 bits per heavy atom. The van der Waals surface area contributed by atoms with E-state index in [1.54, 1.807) is 28.9 Å². The zero-order chi connectivity index (χ0) is 21.4. The van der Waals surface area contributed by atoms with Gasteiger partial charge in [-0.2, -0.15) is 15.3 Å². The molecular formula is C21H26N8O. The van der Waals surface area contributed by atoms with E-state index in [9.17, 15) is 4.79 Å². The monoisotopic (exact) mass is 406 g/mol. The molecule has 0 aliphatic rings. The minimum atomic E-state index is -0.126. The van der Waals surface area contributed by atoms with Crippen LogP contribution in [0.15, 0.2) is 30.9 Å². The number of aromatic nitrogens is 7. The van der Waals surface area contributed by atoms with Gasteiger partial charge in [-0.05, 0) is 33.8 Å². The molecule has 0 N–H and O–H groups in total. The number of rotatable bonds is 6. The lowest BCUT2D eigenvalue weighted by atomic mass is 10.2. The van der Waals surface area contributed by atoms with Crippen LogP contribution >= 0.6 is 0 Å². The van der Waals surface area contributed by atoms with Crippen molar-refractivity contribution in [2.24, 2.45) is 0 Å². The Morgan fingerprint density at radius 2 is 1.93 bits per heavy atom. The molecule has 0 saturated heterocycles. The summed E-state index contributed by atoms with van der Waals surface area (Å²) in [5.74, 6) is -0.126. The topological polar surface area (TPSA) is 86.1 Å². The number of carbonyl (C=O) groups excluding carboxylic acids is 1. The standard InChI is InChI=1S/C21H26N8O/c1-6-27-13-18(14(3)25-27)19-8-9-22-20-17(11-24-29(19)20)21(30)26(5)12-16-10-23-28(7-2)15(16)4/h8-11,13H,6-7,12H2,1-5H3. The number of hydrogen-bond donors (Lipinski definition) is 0. The van der Waals surface area contributed by atoms with Gasteiger partial charge < -0.3 is 4.90 Å². The lowest BCUT2D eigenvalue weighted by Gasteiger charge is -2.16. The fraction of sp³-hybridized carbons (Fsp3) is 0.381. The molecule has 0 radical (unpaired) electrons. The summed E-state index contributed by atoms with van der Waals surface area (Å²) in [6.07, 6.45) is 7.12. The molecule has 0 atom stereocenters. The second-order valence-corrected chi connectivity index (χ2v) is 7.34. The summed E-state index contributed by atoms with van der Waals surface area (Å²) < 4.78 is 5.53. The summed E-state index contributed by atoms with van der Waals surface area (Å²) in [6, 6.07) is 1.89. The summed E-state index contributed by atoms with van der Waals surface area (Å²) in [5, 5.41) is 13.4. The lowest BCUT2D eigenvalue weighted by molar-refractivity contribution is 0.0786. The zero-order valence-corrected chi connectivity index (χ0v) is 18.0. The molecule has 0 aromatic carbocycles. The van der Waals surface area contributed by atoms with Gasteiger partial charge in [-0.15, -0.1) is 0 Å². The number of amides is 1. The van der Waals surface area contributed by atoms with Crippen LogP contribution in [-0.4, -0.2) is 52.0 Å². The first-order chi connectivity index (χ1) is 14.4. The van der Waals surface area contributed by atoms with Crippen molar-refractivity contribution in [2.75, 3.05) is 7.05 Å². The Hall–Kier alpha value is -3.49. The molecule has 1 amide bonds. The summed E-state index contributed by atoms with van der Waals surface area (Å²) >= 11 is 0. The first-order valence-corrected chi connectivity index (χ1v) is 10.1. The minimum absolute atomic E-state index is 0.126. The van der Waals surface area contributed by atoms with Gasteiger partial charge in [0.05, 0.1) is 23.8 Å². The first-order valence-electron chi connectivity index (χ1n) is 10.1. The van der Waals surface area contributed by atoms with Crippen LogP contribution in [0.25, 0.3) is 16.9 Å². The van der Waals surface area contributed by atoms with E-state index in [0.717, 1.165) is 41.3 Å². The zero-order valence-electron chi connectivity index (χ0n) is 18.0. The predicted molar refractivity (Wildman–Crippen MR) is 113 cm³/mol. The second-order valence-electron chi connectivity index (χ2n) is 7.34. The van der Waals surface area contributed by atoms with Crippen LogP contribution in [0.4, 0.5) is 0 Å². The van der Waals surface area contributed by atoms with Crippen LogP contribution in [0.2, 0.25) is 0 Å². The van der Waals surface area contributed by atoms with E-state index in [4.69, 9.17) is 0 Å². The van der Waals surface area contributed by atoms with Crippen molar-refractivity contribution >= 4 is 11.6 Å². The SMILES string of the molecule is CCn1cc(-c2ccnc3c(C(=O)N(C)Cc4cnn(CC)c4C)cnn23)c(C)n1. The largest absolute Gasteiger partial charge is 0.337 e. The number of aryl methyl sites for hydroxylation is 3. The molecule has 0 bridgehead atoms. The number of carbonyl (C=O) groups is 1. The Bertz CT molecular complexity index is 1220. The van der Waals surface area contributed by atoms with Crippen molar-refractivity contribution in [1.82, 2.24) is 39.1 Å². The van der Waals surface area contributed by atoms with E-state index in [0.29, 0.717) is 17.8 Å². The fourth-order valence-corrected chi connectivity index (χ4v) is 3.67. The molecule has 9 nitrogen and oxygen atoms in total. The first kappa shape index (κ1) is 19.8. The van der Waals surface area contributed by atoms with Crippen LogP contribution < -0.4 is 0 Å². The maximum Gasteiger partial charge on any atom is 0.259 e. The van der Waals surface area contributed by atoms with Gasteiger partial charge in [0.15, 0.2) is 5.65 Å². The molecule has 4 rings (SSSR count). The molecule has 30 heavy (non-hydrogen) atoms. The maximum absolute atomic E-state index is 13.2. The molecule has 0 spiro atoms. The van der Waals surface area contributed by atoms with Gasteiger partial charge in [0.1, 0.15) is 5.56 Å². The predicted octanol–water partition coefficient (Wildman–Crippen LogP) is 2.72. The van der Waals surface area contributed by atoms with E-state index in [2.05, 4.69) is 20.3 Å². The number of nitrogens with zero attached hydrogens (tertiary/aromatic N) is 8. The average molecular weight is 406 g/mol. The van der Waals surface area contributed by atoms with Gasteiger partial charge in [-0.1, -0.05) is 0 Å². The Labute approximate surface area is 174 Å².